The molecule has 0 radical (unpaired) electrons. The molecule has 3 heterocycles. The maximum absolute atomic E-state index is 13.5. The highest BCUT2D eigenvalue weighted by Gasteiger charge is 2.46. The van der Waals surface area contributed by atoms with Crippen LogP contribution in [0.15, 0.2) is 42.5 Å². The van der Waals surface area contributed by atoms with Crippen LogP contribution in [-0.2, 0) is 22.6 Å². The van der Waals surface area contributed by atoms with Crippen molar-refractivity contribution in [3.8, 4) is 11.5 Å². The minimum absolute atomic E-state index is 0.0165. The third kappa shape index (κ3) is 3.03. The molecule has 1 N–H and O–H groups in total. The Labute approximate surface area is 180 Å². The van der Waals surface area contributed by atoms with Gasteiger partial charge in [-0.25, -0.2) is 0 Å². The van der Waals surface area contributed by atoms with Gasteiger partial charge in [-0.15, -0.1) is 0 Å². The lowest BCUT2D eigenvalue weighted by molar-refractivity contribution is -0.159. The zero-order valence-electron chi connectivity index (χ0n) is 17.8. The summed E-state index contributed by atoms with van der Waals surface area (Å²) in [6.07, 6.45) is 0.524. The molecule has 0 bridgehead atoms. The Kier molecular flexibility index (Phi) is 4.61. The summed E-state index contributed by atoms with van der Waals surface area (Å²) in [5, 5.41) is 1.13. The molecule has 7 nitrogen and oxygen atoms in total. The summed E-state index contributed by atoms with van der Waals surface area (Å²) in [5.74, 6) is 1.19. The van der Waals surface area contributed by atoms with E-state index in [-0.39, 0.29) is 24.4 Å². The van der Waals surface area contributed by atoms with E-state index >= 15 is 0 Å². The smallest absolute Gasteiger partial charge is 0.246 e. The number of hydrogen-bond acceptors (Lipinski definition) is 4. The molecule has 2 aliphatic heterocycles. The van der Waals surface area contributed by atoms with Crippen LogP contribution in [0.4, 0.5) is 0 Å². The first kappa shape index (κ1) is 19.5. The predicted molar refractivity (Wildman–Crippen MR) is 116 cm³/mol. The molecule has 1 saturated heterocycles. The summed E-state index contributed by atoms with van der Waals surface area (Å²) in [6, 6.07) is 13.0. The van der Waals surface area contributed by atoms with Gasteiger partial charge in [0.05, 0.1) is 20.3 Å². The van der Waals surface area contributed by atoms with Gasteiger partial charge in [-0.05, 0) is 36.2 Å². The summed E-state index contributed by atoms with van der Waals surface area (Å²) in [4.78, 5) is 33.4. The van der Waals surface area contributed by atoms with E-state index in [1.165, 1.54) is 0 Å². The van der Waals surface area contributed by atoms with Crippen LogP contribution in [0.3, 0.4) is 0 Å². The number of amides is 2. The van der Waals surface area contributed by atoms with Gasteiger partial charge >= 0.3 is 0 Å². The van der Waals surface area contributed by atoms with Crippen molar-refractivity contribution in [3.63, 3.8) is 0 Å². The third-order valence-corrected chi connectivity index (χ3v) is 6.45. The van der Waals surface area contributed by atoms with Crippen molar-refractivity contribution in [1.82, 2.24) is 14.8 Å². The van der Waals surface area contributed by atoms with Gasteiger partial charge < -0.3 is 24.3 Å². The Balaban J connectivity index is 1.46. The Morgan fingerprint density at radius 3 is 2.61 bits per heavy atom. The van der Waals surface area contributed by atoms with Crippen LogP contribution in [0.2, 0.25) is 0 Å². The molecule has 2 atom stereocenters. The second-order valence-electron chi connectivity index (χ2n) is 8.14. The number of ether oxygens (including phenoxy) is 2. The van der Waals surface area contributed by atoms with E-state index in [4.69, 9.17) is 9.47 Å². The Hall–Kier alpha value is -3.48. The topological polar surface area (TPSA) is 74.9 Å². The number of H-pyrrole nitrogens is 1. The highest BCUT2D eigenvalue weighted by atomic mass is 16.5. The fraction of sp³-hybridized carbons (Fsp3) is 0.333. The summed E-state index contributed by atoms with van der Waals surface area (Å²) < 4.78 is 10.7. The van der Waals surface area contributed by atoms with Gasteiger partial charge in [0, 0.05) is 29.6 Å². The number of aromatic amines is 1. The van der Waals surface area contributed by atoms with Crippen LogP contribution < -0.4 is 9.47 Å². The van der Waals surface area contributed by atoms with E-state index in [2.05, 4.69) is 11.1 Å². The van der Waals surface area contributed by atoms with Crippen LogP contribution in [0.25, 0.3) is 10.9 Å². The number of piperazine rings is 1. The van der Waals surface area contributed by atoms with Gasteiger partial charge in [-0.3, -0.25) is 9.59 Å². The first-order valence-corrected chi connectivity index (χ1v) is 10.4. The van der Waals surface area contributed by atoms with E-state index in [9.17, 15) is 9.59 Å². The largest absolute Gasteiger partial charge is 0.493 e. The molecule has 0 spiro atoms. The second kappa shape index (κ2) is 7.34. The summed E-state index contributed by atoms with van der Waals surface area (Å²) >= 11 is 0. The quantitative estimate of drug-likeness (QED) is 0.705. The minimum atomic E-state index is -0.483. The molecule has 1 fully saturated rings. The van der Waals surface area contributed by atoms with Crippen molar-refractivity contribution in [2.45, 2.75) is 32.0 Å². The number of methoxy groups -OCH3 is 2. The average molecular weight is 419 g/mol. The molecule has 1 aromatic heterocycles. The number of carbonyl (C=O) groups is 2. The first-order chi connectivity index (χ1) is 15.0. The van der Waals surface area contributed by atoms with E-state index in [1.54, 1.807) is 24.0 Å². The summed E-state index contributed by atoms with van der Waals surface area (Å²) in [5.41, 5.74) is 4.11. The molecule has 7 heteroatoms. The lowest BCUT2D eigenvalue weighted by Crippen LogP contribution is -2.62. The second-order valence-corrected chi connectivity index (χ2v) is 8.14. The van der Waals surface area contributed by atoms with Gasteiger partial charge in [-0.1, -0.05) is 24.3 Å². The Bertz CT molecular complexity index is 1180. The van der Waals surface area contributed by atoms with Gasteiger partial charge in [0.15, 0.2) is 11.5 Å². The van der Waals surface area contributed by atoms with Crippen molar-refractivity contribution < 1.29 is 19.1 Å². The van der Waals surface area contributed by atoms with E-state index in [0.29, 0.717) is 24.5 Å². The predicted octanol–water partition coefficient (Wildman–Crippen LogP) is 3.04. The molecule has 2 unspecified atom stereocenters. The zero-order valence-corrected chi connectivity index (χ0v) is 17.8. The van der Waals surface area contributed by atoms with Gasteiger partial charge in [0.1, 0.15) is 12.6 Å². The van der Waals surface area contributed by atoms with E-state index in [1.807, 2.05) is 43.3 Å². The standard InChI is InChI=1S/C24H25N3O4/c1-14-23-17(16-6-4-5-7-18(16)25-23)11-19-24(29)26(13-22(28)27(14)19)12-15-8-9-20(30-2)21(10-15)31-3/h4-10,14,19,25H,11-13H2,1-3H3. The number of benzene rings is 2. The minimum Gasteiger partial charge on any atom is -0.493 e. The first-order valence-electron chi connectivity index (χ1n) is 10.4. The zero-order chi connectivity index (χ0) is 21.7. The lowest BCUT2D eigenvalue weighted by Gasteiger charge is -2.46. The van der Waals surface area contributed by atoms with Crippen LogP contribution in [-0.4, -0.2) is 53.4 Å². The highest BCUT2D eigenvalue weighted by Crippen LogP contribution is 2.39. The molecule has 31 heavy (non-hydrogen) atoms. The normalized spacial score (nSPS) is 20.6. The number of nitrogens with one attached hydrogen (secondary N) is 1. The molecular formula is C24H25N3O4. The highest BCUT2D eigenvalue weighted by molar-refractivity contribution is 5.97. The maximum atomic E-state index is 13.5. The SMILES string of the molecule is COc1ccc(CN2CC(=O)N3C(Cc4c([nH]c5ccccc45)C3C)C2=O)cc1OC. The molecule has 5 rings (SSSR count). The van der Waals surface area contributed by atoms with Crippen LogP contribution in [0, 0.1) is 0 Å². The van der Waals surface area contributed by atoms with Crippen molar-refractivity contribution in [3.05, 3.63) is 59.3 Å². The van der Waals surface area contributed by atoms with Gasteiger partial charge in [0.2, 0.25) is 11.8 Å². The average Bonchev–Trinajstić information content (AvgIpc) is 3.16. The van der Waals surface area contributed by atoms with E-state index < -0.39 is 6.04 Å². The molecule has 2 aliphatic rings. The molecule has 3 aromatic rings. The molecule has 2 amide bonds. The van der Waals surface area contributed by atoms with E-state index in [0.717, 1.165) is 27.7 Å². The third-order valence-electron chi connectivity index (χ3n) is 6.45. The number of fused-ring (bicyclic) bond motifs is 4. The van der Waals surface area contributed by atoms with Crippen LogP contribution in [0.1, 0.15) is 29.8 Å². The fourth-order valence-corrected chi connectivity index (χ4v) is 4.96. The van der Waals surface area contributed by atoms with Crippen molar-refractivity contribution >= 4 is 22.7 Å². The number of hydrogen-bond donors (Lipinski definition) is 1. The van der Waals surface area contributed by atoms with Crippen molar-refractivity contribution in [1.29, 1.82) is 0 Å². The molecule has 0 aliphatic carbocycles. The van der Waals surface area contributed by atoms with Crippen LogP contribution in [0.5, 0.6) is 11.5 Å². The van der Waals surface area contributed by atoms with Gasteiger partial charge in [0.25, 0.3) is 0 Å². The monoisotopic (exact) mass is 419 g/mol. The number of para-hydroxylation sites is 1. The molecular weight excluding hydrogens is 394 g/mol. The molecule has 160 valence electrons. The van der Waals surface area contributed by atoms with Crippen molar-refractivity contribution in [2.75, 3.05) is 20.8 Å². The molecule has 0 saturated carbocycles. The lowest BCUT2D eigenvalue weighted by atomic mass is 9.90. The maximum Gasteiger partial charge on any atom is 0.246 e. The fourth-order valence-electron chi connectivity index (χ4n) is 4.96. The Morgan fingerprint density at radius 1 is 1.06 bits per heavy atom. The number of nitrogens with zero attached hydrogens (tertiary/aromatic N) is 2. The van der Waals surface area contributed by atoms with Crippen LogP contribution >= 0.6 is 0 Å². The summed E-state index contributed by atoms with van der Waals surface area (Å²) in [7, 11) is 3.17. The number of carbonyl (C=O) groups excluding carboxylic acids is 2. The summed E-state index contributed by atoms with van der Waals surface area (Å²) in [6.45, 7) is 2.42. The Morgan fingerprint density at radius 2 is 1.84 bits per heavy atom. The van der Waals surface area contributed by atoms with Gasteiger partial charge in [-0.2, -0.15) is 0 Å². The number of rotatable bonds is 4. The van der Waals surface area contributed by atoms with Crippen molar-refractivity contribution in [2.24, 2.45) is 0 Å². The molecule has 2 aromatic carbocycles. The number of aromatic nitrogens is 1.